The van der Waals surface area contributed by atoms with Crippen LogP contribution in [0.5, 0.6) is 0 Å². The number of carboxylic acids is 1. The summed E-state index contributed by atoms with van der Waals surface area (Å²) in [5.41, 5.74) is 0.434. The summed E-state index contributed by atoms with van der Waals surface area (Å²) < 4.78 is 0. The highest BCUT2D eigenvalue weighted by molar-refractivity contribution is 5.86. The van der Waals surface area contributed by atoms with E-state index in [0.29, 0.717) is 30.6 Å². The molecule has 5 nitrogen and oxygen atoms in total. The summed E-state index contributed by atoms with van der Waals surface area (Å²) in [7, 11) is 0. The van der Waals surface area contributed by atoms with Gasteiger partial charge in [0.15, 0.2) is 6.29 Å². The average molecular weight is 206 g/mol. The Balaban J connectivity index is 2.30. The Hall–Kier alpha value is -1.91. The third-order valence-corrected chi connectivity index (χ3v) is 2.52. The molecule has 1 aromatic heterocycles. The summed E-state index contributed by atoms with van der Waals surface area (Å²) in [4.78, 5) is 27.2. The van der Waals surface area contributed by atoms with Crippen molar-refractivity contribution >= 4 is 18.1 Å². The van der Waals surface area contributed by atoms with E-state index in [1.165, 1.54) is 0 Å². The first-order valence-electron chi connectivity index (χ1n) is 4.63. The maximum Gasteiger partial charge on any atom is 0.326 e. The van der Waals surface area contributed by atoms with Gasteiger partial charge in [-0.05, 0) is 18.6 Å². The van der Waals surface area contributed by atoms with Crippen LogP contribution in [0.25, 0.3) is 0 Å². The number of carboxylic acid groups (broad SMARTS) is 1. The molecule has 0 amide bonds. The standard InChI is InChI=1S/C10H10N2O3/c13-6-7-2-1-4-11-9(7)12-5-3-8(12)10(14)15/h1-2,4,6,8H,3,5H2,(H,14,15). The summed E-state index contributed by atoms with van der Waals surface area (Å²) >= 11 is 0. The highest BCUT2D eigenvalue weighted by Crippen LogP contribution is 2.26. The van der Waals surface area contributed by atoms with Crippen molar-refractivity contribution in [1.29, 1.82) is 0 Å². The normalized spacial score (nSPS) is 19.5. The van der Waals surface area contributed by atoms with E-state index in [0.717, 1.165) is 0 Å². The number of hydrogen-bond donors (Lipinski definition) is 1. The number of pyridine rings is 1. The Kier molecular flexibility index (Phi) is 2.37. The predicted octanol–water partition coefficient (Wildman–Crippen LogP) is 0.557. The van der Waals surface area contributed by atoms with E-state index in [9.17, 15) is 9.59 Å². The van der Waals surface area contributed by atoms with Gasteiger partial charge in [0.25, 0.3) is 0 Å². The molecule has 2 rings (SSSR count). The predicted molar refractivity (Wildman–Crippen MR) is 53.0 cm³/mol. The number of aromatic nitrogens is 1. The Morgan fingerprint density at radius 2 is 2.47 bits per heavy atom. The lowest BCUT2D eigenvalue weighted by Crippen LogP contribution is -2.53. The van der Waals surface area contributed by atoms with Crippen molar-refractivity contribution in [3.63, 3.8) is 0 Å². The van der Waals surface area contributed by atoms with Crippen LogP contribution in [0.15, 0.2) is 18.3 Å². The maximum absolute atomic E-state index is 10.8. The van der Waals surface area contributed by atoms with E-state index in [1.54, 1.807) is 23.2 Å². The van der Waals surface area contributed by atoms with E-state index in [-0.39, 0.29) is 0 Å². The van der Waals surface area contributed by atoms with Crippen molar-refractivity contribution in [1.82, 2.24) is 4.98 Å². The molecule has 1 N–H and O–H groups in total. The fourth-order valence-corrected chi connectivity index (χ4v) is 1.64. The summed E-state index contributed by atoms with van der Waals surface area (Å²) in [6, 6.07) is 2.74. The molecule has 5 heteroatoms. The van der Waals surface area contributed by atoms with Gasteiger partial charge >= 0.3 is 5.97 Å². The van der Waals surface area contributed by atoms with Crippen LogP contribution in [-0.2, 0) is 4.79 Å². The van der Waals surface area contributed by atoms with Crippen LogP contribution in [0.1, 0.15) is 16.8 Å². The number of hydrogen-bond acceptors (Lipinski definition) is 4. The van der Waals surface area contributed by atoms with E-state index in [2.05, 4.69) is 4.98 Å². The third-order valence-electron chi connectivity index (χ3n) is 2.52. The topological polar surface area (TPSA) is 70.5 Å². The van der Waals surface area contributed by atoms with Gasteiger partial charge in [0.2, 0.25) is 0 Å². The molecule has 1 saturated heterocycles. The minimum atomic E-state index is -0.872. The van der Waals surface area contributed by atoms with Crippen molar-refractivity contribution in [2.75, 3.05) is 11.4 Å². The zero-order chi connectivity index (χ0) is 10.8. The van der Waals surface area contributed by atoms with Crippen LogP contribution in [0.4, 0.5) is 5.82 Å². The molecule has 0 aromatic carbocycles. The second-order valence-corrected chi connectivity index (χ2v) is 3.37. The van der Waals surface area contributed by atoms with E-state index in [4.69, 9.17) is 5.11 Å². The van der Waals surface area contributed by atoms with Gasteiger partial charge in [-0.15, -0.1) is 0 Å². The van der Waals surface area contributed by atoms with Gasteiger partial charge in [-0.3, -0.25) is 4.79 Å². The molecule has 1 unspecified atom stereocenters. The zero-order valence-corrected chi connectivity index (χ0v) is 7.96. The van der Waals surface area contributed by atoms with Crippen molar-refractivity contribution in [2.45, 2.75) is 12.5 Å². The van der Waals surface area contributed by atoms with Gasteiger partial charge < -0.3 is 10.0 Å². The van der Waals surface area contributed by atoms with Gasteiger partial charge in [0.1, 0.15) is 11.9 Å². The van der Waals surface area contributed by atoms with Gasteiger partial charge in [0.05, 0.1) is 5.56 Å². The van der Waals surface area contributed by atoms with Gasteiger partial charge in [-0.1, -0.05) is 0 Å². The third kappa shape index (κ3) is 1.56. The number of carbonyl (C=O) groups excluding carboxylic acids is 1. The van der Waals surface area contributed by atoms with Gasteiger partial charge in [0, 0.05) is 12.7 Å². The van der Waals surface area contributed by atoms with Crippen molar-refractivity contribution < 1.29 is 14.7 Å². The zero-order valence-electron chi connectivity index (χ0n) is 7.96. The van der Waals surface area contributed by atoms with Crippen LogP contribution >= 0.6 is 0 Å². The fourth-order valence-electron chi connectivity index (χ4n) is 1.64. The molecule has 0 aliphatic carbocycles. The highest BCUT2D eigenvalue weighted by atomic mass is 16.4. The largest absolute Gasteiger partial charge is 0.480 e. The van der Waals surface area contributed by atoms with Crippen LogP contribution in [0.2, 0.25) is 0 Å². The molecule has 78 valence electrons. The molecule has 1 aromatic rings. The molecule has 15 heavy (non-hydrogen) atoms. The van der Waals surface area contributed by atoms with E-state index in [1.807, 2.05) is 0 Å². The lowest BCUT2D eigenvalue weighted by Gasteiger charge is -2.39. The second-order valence-electron chi connectivity index (χ2n) is 3.37. The molecule has 0 saturated carbocycles. The highest BCUT2D eigenvalue weighted by Gasteiger charge is 2.35. The first-order chi connectivity index (χ1) is 7.24. The first-order valence-corrected chi connectivity index (χ1v) is 4.63. The number of anilines is 1. The molecule has 1 aliphatic heterocycles. The molecule has 1 atom stereocenters. The molecular weight excluding hydrogens is 196 g/mol. The van der Waals surface area contributed by atoms with Crippen molar-refractivity contribution in [3.05, 3.63) is 23.9 Å². The van der Waals surface area contributed by atoms with Crippen LogP contribution < -0.4 is 4.90 Å². The van der Waals surface area contributed by atoms with E-state index < -0.39 is 12.0 Å². The number of nitrogens with zero attached hydrogens (tertiary/aromatic N) is 2. The maximum atomic E-state index is 10.8. The smallest absolute Gasteiger partial charge is 0.326 e. The summed E-state index contributed by atoms with van der Waals surface area (Å²) in [5.74, 6) is -0.407. The van der Waals surface area contributed by atoms with Crippen LogP contribution in [-0.4, -0.2) is 34.9 Å². The summed E-state index contributed by atoms with van der Waals surface area (Å²) in [6.45, 7) is 0.634. The Morgan fingerprint density at radius 1 is 1.67 bits per heavy atom. The summed E-state index contributed by atoms with van der Waals surface area (Å²) in [5, 5.41) is 8.87. The lowest BCUT2D eigenvalue weighted by atomic mass is 10.0. The molecule has 0 radical (unpaired) electrons. The van der Waals surface area contributed by atoms with Gasteiger partial charge in [-0.25, -0.2) is 9.78 Å². The van der Waals surface area contributed by atoms with Crippen LogP contribution in [0.3, 0.4) is 0 Å². The van der Waals surface area contributed by atoms with Crippen LogP contribution in [0, 0.1) is 0 Å². The Labute approximate surface area is 86.3 Å². The molecule has 1 fully saturated rings. The van der Waals surface area contributed by atoms with E-state index >= 15 is 0 Å². The molecule has 0 spiro atoms. The number of carbonyl (C=O) groups is 2. The minimum absolute atomic E-state index is 0.434. The first kappa shape index (κ1) is 9.64. The fraction of sp³-hybridized carbons (Fsp3) is 0.300. The molecule has 0 bridgehead atoms. The Bertz CT molecular complexity index is 405. The lowest BCUT2D eigenvalue weighted by molar-refractivity contribution is -0.140. The number of aldehydes is 1. The number of rotatable bonds is 3. The van der Waals surface area contributed by atoms with Crippen molar-refractivity contribution in [2.24, 2.45) is 0 Å². The monoisotopic (exact) mass is 206 g/mol. The second kappa shape index (κ2) is 3.68. The van der Waals surface area contributed by atoms with Gasteiger partial charge in [-0.2, -0.15) is 0 Å². The average Bonchev–Trinajstić information content (AvgIpc) is 2.16. The Morgan fingerprint density at radius 3 is 3.00 bits per heavy atom. The summed E-state index contributed by atoms with van der Waals surface area (Å²) in [6.07, 6.45) is 2.85. The molecule has 2 heterocycles. The van der Waals surface area contributed by atoms with Crippen molar-refractivity contribution in [3.8, 4) is 0 Å². The SMILES string of the molecule is O=Cc1cccnc1N1CCC1C(=O)O. The number of aliphatic carboxylic acids is 1. The molecule has 1 aliphatic rings. The minimum Gasteiger partial charge on any atom is -0.480 e. The quantitative estimate of drug-likeness (QED) is 0.731. The molecular formula is C10H10N2O3.